The van der Waals surface area contributed by atoms with Crippen LogP contribution >= 0.6 is 0 Å². The number of allylic oxidation sites excluding steroid dienone is 1. The van der Waals surface area contributed by atoms with Gasteiger partial charge in [-0.2, -0.15) is 0 Å². The van der Waals surface area contributed by atoms with Gasteiger partial charge in [0.15, 0.2) is 0 Å². The highest BCUT2D eigenvalue weighted by molar-refractivity contribution is 5.52. The summed E-state index contributed by atoms with van der Waals surface area (Å²) >= 11 is 0. The maximum absolute atomic E-state index is 4.35. The molecule has 0 atom stereocenters. The van der Waals surface area contributed by atoms with Crippen LogP contribution in [0.25, 0.3) is 6.08 Å². The summed E-state index contributed by atoms with van der Waals surface area (Å²) in [6, 6.07) is 0. The molecule has 1 aromatic heterocycles. The Morgan fingerprint density at radius 3 is 2.85 bits per heavy atom. The lowest BCUT2D eigenvalue weighted by atomic mass is 10.1. The smallest absolute Gasteiger partial charge is 0.125 e. The first-order valence-electron chi connectivity index (χ1n) is 4.85. The second-order valence-corrected chi connectivity index (χ2v) is 2.76. The van der Waals surface area contributed by atoms with Crippen molar-refractivity contribution in [2.24, 2.45) is 0 Å². The van der Waals surface area contributed by atoms with Crippen molar-refractivity contribution < 1.29 is 0 Å². The monoisotopic (exact) mass is 176 g/mol. The Kier molecular flexibility index (Phi) is 3.62. The highest BCUT2D eigenvalue weighted by atomic mass is 14.9. The molecule has 70 valence electrons. The van der Waals surface area contributed by atoms with E-state index in [0.29, 0.717) is 0 Å². The SMILES string of the molecule is CC.Cc1ncc2c(n1)CCC=C2. The lowest BCUT2D eigenvalue weighted by Crippen LogP contribution is -2.00. The van der Waals surface area contributed by atoms with Gasteiger partial charge in [-0.05, 0) is 19.8 Å². The molecule has 0 aliphatic heterocycles. The molecule has 0 amide bonds. The fourth-order valence-electron chi connectivity index (χ4n) is 1.30. The number of aryl methyl sites for hydroxylation is 2. The molecule has 2 rings (SSSR count). The largest absolute Gasteiger partial charge is 0.241 e. The zero-order valence-electron chi connectivity index (χ0n) is 8.54. The van der Waals surface area contributed by atoms with Gasteiger partial charge in [0, 0.05) is 11.8 Å². The average molecular weight is 176 g/mol. The molecule has 0 spiro atoms. The van der Waals surface area contributed by atoms with Gasteiger partial charge in [-0.25, -0.2) is 9.97 Å². The molecule has 1 aliphatic rings. The molecule has 13 heavy (non-hydrogen) atoms. The van der Waals surface area contributed by atoms with Crippen LogP contribution in [0.2, 0.25) is 0 Å². The van der Waals surface area contributed by atoms with E-state index in [1.165, 1.54) is 11.3 Å². The van der Waals surface area contributed by atoms with Crippen LogP contribution in [-0.4, -0.2) is 9.97 Å². The Bertz CT molecular complexity index is 303. The summed E-state index contributed by atoms with van der Waals surface area (Å²) in [6.45, 7) is 5.93. The minimum absolute atomic E-state index is 0.874. The topological polar surface area (TPSA) is 25.8 Å². The van der Waals surface area contributed by atoms with Crippen LogP contribution < -0.4 is 0 Å². The quantitative estimate of drug-likeness (QED) is 0.607. The normalized spacial score (nSPS) is 12.8. The number of fused-ring (bicyclic) bond motifs is 1. The molecular weight excluding hydrogens is 160 g/mol. The molecule has 1 aromatic rings. The zero-order chi connectivity index (χ0) is 9.68. The van der Waals surface area contributed by atoms with Crippen LogP contribution in [-0.2, 0) is 6.42 Å². The lowest BCUT2D eigenvalue weighted by molar-refractivity contribution is 0.883. The van der Waals surface area contributed by atoms with Gasteiger partial charge in [0.2, 0.25) is 0 Å². The molecule has 0 saturated carbocycles. The Hall–Kier alpha value is -1.18. The number of rotatable bonds is 0. The summed E-state index contributed by atoms with van der Waals surface area (Å²) in [5, 5.41) is 0. The van der Waals surface area contributed by atoms with E-state index < -0.39 is 0 Å². The van der Waals surface area contributed by atoms with E-state index in [0.717, 1.165) is 18.7 Å². The molecule has 1 aliphatic carbocycles. The molecular formula is C11H16N2. The second kappa shape index (κ2) is 4.75. The van der Waals surface area contributed by atoms with Gasteiger partial charge < -0.3 is 0 Å². The van der Waals surface area contributed by atoms with Crippen LogP contribution in [0.1, 0.15) is 37.4 Å². The van der Waals surface area contributed by atoms with E-state index in [4.69, 9.17) is 0 Å². The summed E-state index contributed by atoms with van der Waals surface area (Å²) in [6.07, 6.45) is 8.34. The third kappa shape index (κ3) is 2.38. The van der Waals surface area contributed by atoms with Crippen LogP contribution in [0.5, 0.6) is 0 Å². The first kappa shape index (κ1) is 9.90. The van der Waals surface area contributed by atoms with Crippen LogP contribution in [0.15, 0.2) is 12.3 Å². The molecule has 1 heterocycles. The predicted octanol–water partition coefficient (Wildman–Crippen LogP) is 2.77. The van der Waals surface area contributed by atoms with E-state index in [9.17, 15) is 0 Å². The van der Waals surface area contributed by atoms with Crippen LogP contribution in [0, 0.1) is 6.92 Å². The summed E-state index contributed by atoms with van der Waals surface area (Å²) in [5.41, 5.74) is 2.38. The summed E-state index contributed by atoms with van der Waals surface area (Å²) < 4.78 is 0. The first-order chi connectivity index (χ1) is 6.36. The molecule has 0 radical (unpaired) electrons. The standard InChI is InChI=1S/C9H10N2.C2H6/c1-7-10-6-8-4-2-3-5-9(8)11-7;1-2/h2,4,6H,3,5H2,1H3;1-2H3. The fourth-order valence-corrected chi connectivity index (χ4v) is 1.30. The fraction of sp³-hybridized carbons (Fsp3) is 0.455. The minimum atomic E-state index is 0.874. The van der Waals surface area contributed by atoms with Crippen molar-refractivity contribution in [3.8, 4) is 0 Å². The highest BCUT2D eigenvalue weighted by Crippen LogP contribution is 2.15. The van der Waals surface area contributed by atoms with E-state index in [1.807, 2.05) is 27.0 Å². The van der Waals surface area contributed by atoms with Crippen molar-refractivity contribution in [3.05, 3.63) is 29.4 Å². The van der Waals surface area contributed by atoms with Gasteiger partial charge in [-0.15, -0.1) is 0 Å². The van der Waals surface area contributed by atoms with Crippen molar-refractivity contribution in [3.63, 3.8) is 0 Å². The number of nitrogens with zero attached hydrogens (tertiary/aromatic N) is 2. The first-order valence-corrected chi connectivity index (χ1v) is 4.85. The van der Waals surface area contributed by atoms with Crippen LogP contribution in [0.3, 0.4) is 0 Å². The predicted molar refractivity (Wildman–Crippen MR) is 55.5 cm³/mol. The molecule has 0 fully saturated rings. The Labute approximate surface area is 79.7 Å². The molecule has 0 saturated heterocycles. The van der Waals surface area contributed by atoms with Gasteiger partial charge >= 0.3 is 0 Å². The maximum atomic E-state index is 4.35. The van der Waals surface area contributed by atoms with E-state index in [1.54, 1.807) is 0 Å². The van der Waals surface area contributed by atoms with Gasteiger partial charge in [-0.1, -0.05) is 26.0 Å². The van der Waals surface area contributed by atoms with Crippen molar-refractivity contribution in [2.75, 3.05) is 0 Å². The lowest BCUT2D eigenvalue weighted by Gasteiger charge is -2.07. The van der Waals surface area contributed by atoms with E-state index >= 15 is 0 Å². The molecule has 2 heteroatoms. The van der Waals surface area contributed by atoms with Crippen molar-refractivity contribution in [1.29, 1.82) is 0 Å². The third-order valence-corrected chi connectivity index (χ3v) is 1.87. The van der Waals surface area contributed by atoms with E-state index in [-0.39, 0.29) is 0 Å². The summed E-state index contributed by atoms with van der Waals surface area (Å²) in [5.74, 6) is 0.874. The highest BCUT2D eigenvalue weighted by Gasteiger charge is 2.05. The number of aromatic nitrogens is 2. The van der Waals surface area contributed by atoms with Gasteiger partial charge in [0.1, 0.15) is 5.82 Å². The average Bonchev–Trinajstić information content (AvgIpc) is 2.21. The summed E-state index contributed by atoms with van der Waals surface area (Å²) in [4.78, 5) is 8.48. The van der Waals surface area contributed by atoms with Crippen molar-refractivity contribution >= 4 is 6.08 Å². The molecule has 0 unspecified atom stereocenters. The van der Waals surface area contributed by atoms with Gasteiger partial charge in [0.25, 0.3) is 0 Å². The van der Waals surface area contributed by atoms with Crippen molar-refractivity contribution in [2.45, 2.75) is 33.6 Å². The molecule has 0 bridgehead atoms. The Balaban J connectivity index is 0.000000396. The van der Waals surface area contributed by atoms with Crippen molar-refractivity contribution in [1.82, 2.24) is 9.97 Å². The molecule has 2 nitrogen and oxygen atoms in total. The maximum Gasteiger partial charge on any atom is 0.125 e. The third-order valence-electron chi connectivity index (χ3n) is 1.87. The Morgan fingerprint density at radius 2 is 2.08 bits per heavy atom. The van der Waals surface area contributed by atoms with Crippen LogP contribution in [0.4, 0.5) is 0 Å². The number of hydrogen-bond donors (Lipinski definition) is 0. The Morgan fingerprint density at radius 1 is 1.31 bits per heavy atom. The minimum Gasteiger partial charge on any atom is -0.241 e. The zero-order valence-corrected chi connectivity index (χ0v) is 8.54. The molecule has 0 N–H and O–H groups in total. The number of hydrogen-bond acceptors (Lipinski definition) is 2. The summed E-state index contributed by atoms with van der Waals surface area (Å²) in [7, 11) is 0. The van der Waals surface area contributed by atoms with E-state index in [2.05, 4.69) is 22.1 Å². The van der Waals surface area contributed by atoms with Gasteiger partial charge in [0.05, 0.1) is 5.69 Å². The second-order valence-electron chi connectivity index (χ2n) is 2.76. The molecule has 0 aromatic carbocycles. The van der Waals surface area contributed by atoms with Gasteiger partial charge in [-0.3, -0.25) is 0 Å².